The predicted molar refractivity (Wildman–Crippen MR) is 84.4 cm³/mol. The molecule has 1 heterocycles. The Hall–Kier alpha value is -1.66. The van der Waals surface area contributed by atoms with Gasteiger partial charge in [-0.2, -0.15) is 0 Å². The largest absolute Gasteiger partial charge is 0.383 e. The molecular formula is C15H26N4O2. The van der Waals surface area contributed by atoms with E-state index in [9.17, 15) is 4.79 Å². The van der Waals surface area contributed by atoms with E-state index >= 15 is 0 Å². The van der Waals surface area contributed by atoms with Crippen molar-refractivity contribution in [3.05, 3.63) is 23.9 Å². The number of hydrogen-bond acceptors (Lipinski definition) is 5. The summed E-state index contributed by atoms with van der Waals surface area (Å²) >= 11 is 0. The minimum Gasteiger partial charge on any atom is -0.383 e. The van der Waals surface area contributed by atoms with E-state index in [2.05, 4.69) is 22.5 Å². The zero-order valence-corrected chi connectivity index (χ0v) is 13.2. The van der Waals surface area contributed by atoms with Crippen molar-refractivity contribution in [3.63, 3.8) is 0 Å². The zero-order chi connectivity index (χ0) is 15.5. The van der Waals surface area contributed by atoms with Crippen LogP contribution in [0.4, 0.5) is 5.82 Å². The van der Waals surface area contributed by atoms with Crippen LogP contribution in [-0.4, -0.2) is 51.3 Å². The number of methoxy groups -OCH3 is 1. The molecule has 0 aliphatic heterocycles. The molecule has 1 aromatic rings. The Labute approximate surface area is 126 Å². The highest BCUT2D eigenvalue weighted by atomic mass is 16.5. The van der Waals surface area contributed by atoms with Gasteiger partial charge in [-0.15, -0.1) is 0 Å². The number of ether oxygens (including phenoxy) is 1. The van der Waals surface area contributed by atoms with Crippen molar-refractivity contribution >= 4 is 11.7 Å². The molecule has 0 saturated heterocycles. The van der Waals surface area contributed by atoms with Crippen LogP contribution in [-0.2, 0) is 16.1 Å². The van der Waals surface area contributed by atoms with Crippen LogP contribution in [0.15, 0.2) is 18.3 Å². The summed E-state index contributed by atoms with van der Waals surface area (Å²) in [5, 5.41) is 5.98. The lowest BCUT2D eigenvalue weighted by Crippen LogP contribution is -2.37. The molecule has 0 radical (unpaired) electrons. The van der Waals surface area contributed by atoms with E-state index in [-0.39, 0.29) is 5.91 Å². The molecule has 0 aliphatic carbocycles. The van der Waals surface area contributed by atoms with E-state index in [1.807, 2.05) is 17.0 Å². The lowest BCUT2D eigenvalue weighted by atomic mass is 10.2. The standard InChI is InChI=1S/C15H26N4O2/c1-4-9-19(12-14(20)16-2)15-13(6-5-7-18-15)11-17-8-10-21-3/h5-7,17H,4,8-12H2,1-3H3,(H,16,20). The Morgan fingerprint density at radius 3 is 2.95 bits per heavy atom. The van der Waals surface area contributed by atoms with Gasteiger partial charge in [-0.05, 0) is 12.5 Å². The summed E-state index contributed by atoms with van der Waals surface area (Å²) in [7, 11) is 3.33. The maximum Gasteiger partial charge on any atom is 0.239 e. The van der Waals surface area contributed by atoms with Gasteiger partial charge in [0.1, 0.15) is 5.82 Å². The summed E-state index contributed by atoms with van der Waals surface area (Å²) < 4.78 is 5.02. The summed E-state index contributed by atoms with van der Waals surface area (Å²) in [5.74, 6) is 0.861. The van der Waals surface area contributed by atoms with Crippen molar-refractivity contribution in [2.75, 3.05) is 45.3 Å². The minimum absolute atomic E-state index is 0.00704. The number of likely N-dealkylation sites (N-methyl/N-ethyl adjacent to an activating group) is 1. The molecule has 1 amide bonds. The fourth-order valence-electron chi connectivity index (χ4n) is 2.03. The van der Waals surface area contributed by atoms with Crippen LogP contribution >= 0.6 is 0 Å². The number of carbonyl (C=O) groups is 1. The SMILES string of the molecule is CCCN(CC(=O)NC)c1ncccc1CNCCOC. The zero-order valence-electron chi connectivity index (χ0n) is 13.2. The number of carbonyl (C=O) groups excluding carboxylic acids is 1. The average Bonchev–Trinajstić information content (AvgIpc) is 2.51. The highest BCUT2D eigenvalue weighted by Gasteiger charge is 2.14. The molecule has 2 N–H and O–H groups in total. The van der Waals surface area contributed by atoms with E-state index in [0.29, 0.717) is 19.7 Å². The topological polar surface area (TPSA) is 66.5 Å². The van der Waals surface area contributed by atoms with Gasteiger partial charge < -0.3 is 20.3 Å². The monoisotopic (exact) mass is 294 g/mol. The number of rotatable bonds is 10. The molecule has 0 atom stereocenters. The Bertz CT molecular complexity index is 426. The van der Waals surface area contributed by atoms with Crippen molar-refractivity contribution in [1.29, 1.82) is 0 Å². The van der Waals surface area contributed by atoms with Gasteiger partial charge in [0.2, 0.25) is 5.91 Å². The molecule has 21 heavy (non-hydrogen) atoms. The Balaban J connectivity index is 2.78. The Kier molecular flexibility index (Phi) is 8.38. The summed E-state index contributed by atoms with van der Waals surface area (Å²) in [6.45, 7) is 5.39. The summed E-state index contributed by atoms with van der Waals surface area (Å²) in [6, 6.07) is 3.95. The van der Waals surface area contributed by atoms with E-state index in [1.54, 1.807) is 20.4 Å². The van der Waals surface area contributed by atoms with Gasteiger partial charge in [0, 0.05) is 45.6 Å². The van der Waals surface area contributed by atoms with Gasteiger partial charge in [0.15, 0.2) is 0 Å². The number of aromatic nitrogens is 1. The lowest BCUT2D eigenvalue weighted by molar-refractivity contribution is -0.119. The predicted octanol–water partition coefficient (Wildman–Crippen LogP) is 0.780. The first-order chi connectivity index (χ1) is 10.2. The van der Waals surface area contributed by atoms with Crippen molar-refractivity contribution < 1.29 is 9.53 Å². The normalized spacial score (nSPS) is 10.4. The average molecular weight is 294 g/mol. The highest BCUT2D eigenvalue weighted by Crippen LogP contribution is 2.17. The summed E-state index contributed by atoms with van der Waals surface area (Å²) in [4.78, 5) is 18.1. The number of anilines is 1. The van der Waals surface area contributed by atoms with Gasteiger partial charge in [0.05, 0.1) is 13.2 Å². The number of nitrogens with zero attached hydrogens (tertiary/aromatic N) is 2. The third-order valence-electron chi connectivity index (χ3n) is 3.07. The molecule has 1 rings (SSSR count). The van der Waals surface area contributed by atoms with Crippen molar-refractivity contribution in [1.82, 2.24) is 15.6 Å². The molecular weight excluding hydrogens is 268 g/mol. The first-order valence-corrected chi connectivity index (χ1v) is 7.32. The number of hydrogen-bond donors (Lipinski definition) is 2. The van der Waals surface area contributed by atoms with E-state index in [4.69, 9.17) is 4.74 Å². The van der Waals surface area contributed by atoms with Crippen molar-refractivity contribution in [2.45, 2.75) is 19.9 Å². The van der Waals surface area contributed by atoms with Crippen LogP contribution in [0.25, 0.3) is 0 Å². The van der Waals surface area contributed by atoms with Gasteiger partial charge in [-0.3, -0.25) is 4.79 Å². The molecule has 0 saturated carbocycles. The second kappa shape index (κ2) is 10.1. The number of amides is 1. The first kappa shape index (κ1) is 17.4. The molecule has 1 aromatic heterocycles. The quantitative estimate of drug-likeness (QED) is 0.624. The third kappa shape index (κ3) is 6.10. The van der Waals surface area contributed by atoms with E-state index in [1.165, 1.54) is 0 Å². The van der Waals surface area contributed by atoms with Gasteiger partial charge in [-0.25, -0.2) is 4.98 Å². The second-order valence-electron chi connectivity index (χ2n) is 4.75. The van der Waals surface area contributed by atoms with E-state index in [0.717, 1.165) is 30.9 Å². The first-order valence-electron chi connectivity index (χ1n) is 7.32. The second-order valence-corrected chi connectivity index (χ2v) is 4.75. The van der Waals surface area contributed by atoms with Crippen LogP contribution in [0.2, 0.25) is 0 Å². The lowest BCUT2D eigenvalue weighted by Gasteiger charge is -2.24. The van der Waals surface area contributed by atoms with Crippen LogP contribution in [0, 0.1) is 0 Å². The molecule has 118 valence electrons. The Morgan fingerprint density at radius 1 is 1.48 bits per heavy atom. The molecule has 6 heteroatoms. The van der Waals surface area contributed by atoms with Crippen LogP contribution in [0.5, 0.6) is 0 Å². The van der Waals surface area contributed by atoms with E-state index < -0.39 is 0 Å². The molecule has 0 aromatic carbocycles. The third-order valence-corrected chi connectivity index (χ3v) is 3.07. The van der Waals surface area contributed by atoms with Crippen LogP contribution < -0.4 is 15.5 Å². The maximum absolute atomic E-state index is 11.7. The van der Waals surface area contributed by atoms with Crippen LogP contribution in [0.3, 0.4) is 0 Å². The van der Waals surface area contributed by atoms with Crippen LogP contribution in [0.1, 0.15) is 18.9 Å². The fraction of sp³-hybridized carbons (Fsp3) is 0.600. The van der Waals surface area contributed by atoms with Crippen molar-refractivity contribution in [3.8, 4) is 0 Å². The fourth-order valence-corrected chi connectivity index (χ4v) is 2.03. The van der Waals surface area contributed by atoms with Gasteiger partial charge in [-0.1, -0.05) is 13.0 Å². The molecule has 6 nitrogen and oxygen atoms in total. The van der Waals surface area contributed by atoms with Gasteiger partial charge >= 0.3 is 0 Å². The Morgan fingerprint density at radius 2 is 2.29 bits per heavy atom. The smallest absolute Gasteiger partial charge is 0.239 e. The molecule has 0 bridgehead atoms. The minimum atomic E-state index is -0.00704. The molecule has 0 spiro atoms. The molecule has 0 aliphatic rings. The summed E-state index contributed by atoms with van der Waals surface area (Å²) in [6.07, 6.45) is 2.73. The maximum atomic E-state index is 11.7. The molecule has 0 unspecified atom stereocenters. The summed E-state index contributed by atoms with van der Waals surface area (Å²) in [5.41, 5.74) is 1.09. The molecule has 0 fully saturated rings. The van der Waals surface area contributed by atoms with Crippen molar-refractivity contribution in [2.24, 2.45) is 0 Å². The number of pyridine rings is 1. The van der Waals surface area contributed by atoms with Gasteiger partial charge in [0.25, 0.3) is 0 Å². The number of nitrogens with one attached hydrogen (secondary N) is 2. The highest BCUT2D eigenvalue weighted by molar-refractivity contribution is 5.80.